The maximum absolute atomic E-state index is 11.9. The molecule has 0 spiro atoms. The summed E-state index contributed by atoms with van der Waals surface area (Å²) in [6, 6.07) is 6.21. The molecule has 1 aromatic rings. The third-order valence-corrected chi connectivity index (χ3v) is 4.93. The summed E-state index contributed by atoms with van der Waals surface area (Å²) in [7, 11) is 1.48. The van der Waals surface area contributed by atoms with Crippen LogP contribution < -0.4 is 4.74 Å². The third kappa shape index (κ3) is 6.13. The van der Waals surface area contributed by atoms with Crippen molar-refractivity contribution in [2.45, 2.75) is 39.5 Å². The van der Waals surface area contributed by atoms with Gasteiger partial charge in [-0.15, -0.1) is 0 Å². The van der Waals surface area contributed by atoms with E-state index in [4.69, 9.17) is 9.47 Å². The summed E-state index contributed by atoms with van der Waals surface area (Å²) in [6.07, 6.45) is 4.89. The van der Waals surface area contributed by atoms with Gasteiger partial charge in [0.2, 0.25) is 0 Å². The molecule has 2 rings (SSSR count). The van der Waals surface area contributed by atoms with Gasteiger partial charge in [0.05, 0.1) is 20.2 Å². The molecule has 0 aromatic heterocycles. The number of esters is 1. The minimum atomic E-state index is -0.112. The van der Waals surface area contributed by atoms with Crippen molar-refractivity contribution in [1.29, 1.82) is 0 Å². The minimum Gasteiger partial charge on any atom is -0.487 e. The summed E-state index contributed by atoms with van der Waals surface area (Å²) in [5.74, 6) is 0.873. The molecular weight excluding hydrogens is 379 g/mol. The second-order valence-electron chi connectivity index (χ2n) is 6.73. The van der Waals surface area contributed by atoms with Gasteiger partial charge in [-0.25, -0.2) is 4.79 Å². The fourth-order valence-corrected chi connectivity index (χ4v) is 3.53. The number of quaternary nitrogens is 1. The van der Waals surface area contributed by atoms with Crippen LogP contribution >= 0.6 is 0 Å². The summed E-state index contributed by atoms with van der Waals surface area (Å²) < 4.78 is 11.8. The minimum absolute atomic E-state index is 0. The number of rotatable bonds is 6. The van der Waals surface area contributed by atoms with Crippen LogP contribution in [0.3, 0.4) is 0 Å². The molecule has 0 bridgehead atoms. The number of carbonyl (C=O) groups is 1. The number of nitrogens with zero attached hydrogens (tertiary/aromatic N) is 1. The van der Waals surface area contributed by atoms with Crippen LogP contribution in [-0.2, 0) is 42.2 Å². The van der Waals surface area contributed by atoms with Gasteiger partial charge < -0.3 is 14.0 Å². The van der Waals surface area contributed by atoms with E-state index in [-0.39, 0.29) is 38.7 Å². The average Bonchev–Trinajstić information content (AvgIpc) is 2.76. The van der Waals surface area contributed by atoms with Gasteiger partial charge in [-0.2, -0.15) is 0 Å². The Bertz CT molecular complexity index is 505. The monoisotopic (exact) mass is 409 g/mol. The fraction of sp³-hybridized carbons (Fsp3) is 0.632. The van der Waals surface area contributed by atoms with Gasteiger partial charge in [-0.1, -0.05) is 18.2 Å². The first-order valence-corrected chi connectivity index (χ1v) is 8.67. The molecule has 131 valence electrons. The second-order valence-corrected chi connectivity index (χ2v) is 6.73. The van der Waals surface area contributed by atoms with Crippen molar-refractivity contribution < 1.29 is 51.5 Å². The molecule has 1 saturated heterocycles. The summed E-state index contributed by atoms with van der Waals surface area (Å²) in [5, 5.41) is 0. The van der Waals surface area contributed by atoms with Crippen molar-refractivity contribution in [3.05, 3.63) is 29.3 Å². The van der Waals surface area contributed by atoms with Gasteiger partial charge in [0.25, 0.3) is 0 Å². The quantitative estimate of drug-likeness (QED) is 0.535. The van der Waals surface area contributed by atoms with Crippen molar-refractivity contribution >= 4 is 5.97 Å². The molecule has 0 saturated carbocycles. The van der Waals surface area contributed by atoms with Crippen LogP contribution in [0.2, 0.25) is 0 Å². The maximum atomic E-state index is 11.9. The Labute approximate surface area is 171 Å². The van der Waals surface area contributed by atoms with E-state index >= 15 is 0 Å². The molecular formula is C19H30NO3Y+. The Morgan fingerprint density at radius 2 is 1.67 bits per heavy atom. The first-order chi connectivity index (χ1) is 11.1. The Kier molecular flexibility index (Phi) is 9.47. The van der Waals surface area contributed by atoms with Crippen LogP contribution in [0, 0.1) is 13.8 Å². The van der Waals surface area contributed by atoms with Gasteiger partial charge in [0, 0.05) is 32.7 Å². The SMILES string of the molecule is COC(=O)C[N+]1(CCOc2c(C)cccc2C)CCCCCC1.[Y]. The second kappa shape index (κ2) is 10.5. The molecule has 1 aliphatic heterocycles. The number of para-hydroxylation sites is 1. The molecule has 0 unspecified atom stereocenters. The summed E-state index contributed by atoms with van der Waals surface area (Å²) in [4.78, 5) is 11.9. The average molecular weight is 409 g/mol. The molecule has 1 heterocycles. The van der Waals surface area contributed by atoms with Crippen LogP contribution in [0.5, 0.6) is 5.75 Å². The number of likely N-dealkylation sites (tertiary alicyclic amines) is 1. The van der Waals surface area contributed by atoms with Crippen LogP contribution in [-0.4, -0.2) is 50.3 Å². The van der Waals surface area contributed by atoms with Crippen molar-refractivity contribution in [3.63, 3.8) is 0 Å². The Hall–Kier alpha value is -0.446. The van der Waals surface area contributed by atoms with Gasteiger partial charge in [0.1, 0.15) is 18.9 Å². The molecule has 4 nitrogen and oxygen atoms in total. The molecule has 1 fully saturated rings. The van der Waals surface area contributed by atoms with Gasteiger partial charge in [-0.05, 0) is 50.7 Å². The molecule has 0 atom stereocenters. The van der Waals surface area contributed by atoms with E-state index in [1.807, 2.05) is 0 Å². The predicted octanol–water partition coefficient (Wildman–Crippen LogP) is 3.24. The van der Waals surface area contributed by atoms with Gasteiger partial charge >= 0.3 is 5.97 Å². The summed E-state index contributed by atoms with van der Waals surface area (Å²) in [5.41, 5.74) is 2.33. The fourth-order valence-electron chi connectivity index (χ4n) is 3.53. The number of aryl methyl sites for hydroxylation is 2. The predicted molar refractivity (Wildman–Crippen MR) is 91.6 cm³/mol. The number of carbonyl (C=O) groups excluding carboxylic acids is 1. The largest absolute Gasteiger partial charge is 0.487 e. The van der Waals surface area contributed by atoms with Crippen LogP contribution in [0.4, 0.5) is 0 Å². The van der Waals surface area contributed by atoms with Crippen molar-refractivity contribution in [3.8, 4) is 5.75 Å². The van der Waals surface area contributed by atoms with E-state index in [1.165, 1.54) is 43.9 Å². The molecule has 1 aromatic carbocycles. The first-order valence-electron chi connectivity index (χ1n) is 8.67. The van der Waals surface area contributed by atoms with Gasteiger partial charge in [-0.3, -0.25) is 0 Å². The van der Waals surface area contributed by atoms with Gasteiger partial charge in [0.15, 0.2) is 6.54 Å². The van der Waals surface area contributed by atoms with E-state index in [1.54, 1.807) is 0 Å². The van der Waals surface area contributed by atoms with E-state index in [0.717, 1.165) is 29.9 Å². The topological polar surface area (TPSA) is 35.5 Å². The number of benzene rings is 1. The number of methoxy groups -OCH3 is 1. The van der Waals surface area contributed by atoms with Crippen molar-refractivity contribution in [2.24, 2.45) is 0 Å². The standard InChI is InChI=1S/C19H30NO3.Y/c1-16-9-8-10-17(2)19(16)23-14-13-20(15-18(21)22-3)11-6-4-5-7-12-20;/h8-10H,4-7,11-15H2,1-3H3;/q+1;. The number of ether oxygens (including phenoxy) is 2. The van der Waals surface area contributed by atoms with E-state index in [2.05, 4.69) is 32.0 Å². The van der Waals surface area contributed by atoms with Crippen LogP contribution in [0.25, 0.3) is 0 Å². The molecule has 0 N–H and O–H groups in total. The third-order valence-electron chi connectivity index (χ3n) is 4.93. The molecule has 0 aliphatic carbocycles. The summed E-state index contributed by atoms with van der Waals surface area (Å²) >= 11 is 0. The van der Waals surface area contributed by atoms with Crippen LogP contribution in [0.1, 0.15) is 36.8 Å². The molecule has 1 aliphatic rings. The van der Waals surface area contributed by atoms with Crippen molar-refractivity contribution in [1.82, 2.24) is 0 Å². The molecule has 5 heteroatoms. The molecule has 0 amide bonds. The Morgan fingerprint density at radius 1 is 1.08 bits per heavy atom. The van der Waals surface area contributed by atoms with E-state index < -0.39 is 0 Å². The normalized spacial score (nSPS) is 16.6. The number of hydrogen-bond donors (Lipinski definition) is 0. The van der Waals surface area contributed by atoms with E-state index in [0.29, 0.717) is 13.2 Å². The Morgan fingerprint density at radius 3 is 2.21 bits per heavy atom. The number of hydrogen-bond acceptors (Lipinski definition) is 3. The molecule has 24 heavy (non-hydrogen) atoms. The zero-order chi connectivity index (χ0) is 16.7. The maximum Gasteiger partial charge on any atom is 0.361 e. The van der Waals surface area contributed by atoms with Crippen LogP contribution in [0.15, 0.2) is 18.2 Å². The van der Waals surface area contributed by atoms with Crippen molar-refractivity contribution in [2.75, 3.05) is 39.9 Å². The molecule has 1 radical (unpaired) electrons. The zero-order valence-corrected chi connectivity index (χ0v) is 18.2. The smallest absolute Gasteiger partial charge is 0.361 e. The Balaban J connectivity index is 0.00000288. The van der Waals surface area contributed by atoms with E-state index in [9.17, 15) is 4.79 Å². The summed E-state index contributed by atoms with van der Waals surface area (Å²) in [6.45, 7) is 8.22. The zero-order valence-electron chi connectivity index (χ0n) is 15.3. The first kappa shape index (κ1) is 21.6.